The highest BCUT2D eigenvalue weighted by Crippen LogP contribution is 2.24. The highest BCUT2D eigenvalue weighted by atomic mass is 16.6. The molecule has 0 spiro atoms. The van der Waals surface area contributed by atoms with Crippen molar-refractivity contribution in [3.63, 3.8) is 0 Å². The fourth-order valence-electron chi connectivity index (χ4n) is 2.12. The summed E-state index contributed by atoms with van der Waals surface area (Å²) in [7, 11) is 1.68. The number of nitrogens with zero attached hydrogens (tertiary/aromatic N) is 1. The van der Waals surface area contributed by atoms with E-state index in [0.717, 1.165) is 5.56 Å². The van der Waals surface area contributed by atoms with Gasteiger partial charge < -0.3 is 10.1 Å². The zero-order valence-corrected chi connectivity index (χ0v) is 12.8. The standard InChI is InChI=1S/C15H24N2O3/c1-10(2)14(9-20-5)16-12(4)13-7-6-11(3)15(8-13)17(18)19/h6-8,10,12,14,16H,9H2,1-5H3. The molecule has 1 aromatic carbocycles. The maximum absolute atomic E-state index is 11.0. The zero-order chi connectivity index (χ0) is 15.3. The van der Waals surface area contributed by atoms with Crippen molar-refractivity contribution >= 4 is 5.69 Å². The van der Waals surface area contributed by atoms with E-state index in [-0.39, 0.29) is 22.7 Å². The van der Waals surface area contributed by atoms with Gasteiger partial charge in [-0.15, -0.1) is 0 Å². The third-order valence-corrected chi connectivity index (χ3v) is 3.54. The molecule has 5 heteroatoms. The fourth-order valence-corrected chi connectivity index (χ4v) is 2.12. The molecule has 1 aromatic rings. The van der Waals surface area contributed by atoms with Crippen LogP contribution >= 0.6 is 0 Å². The summed E-state index contributed by atoms with van der Waals surface area (Å²) in [5, 5.41) is 14.5. The van der Waals surface area contributed by atoms with Crippen molar-refractivity contribution in [3.05, 3.63) is 39.4 Å². The summed E-state index contributed by atoms with van der Waals surface area (Å²) in [6.45, 7) is 8.64. The normalized spacial score (nSPS) is 14.3. The lowest BCUT2D eigenvalue weighted by Gasteiger charge is -2.26. The Morgan fingerprint density at radius 2 is 2.00 bits per heavy atom. The van der Waals surface area contributed by atoms with Crippen LogP contribution in [0.25, 0.3) is 0 Å². The summed E-state index contributed by atoms with van der Waals surface area (Å²) in [5.41, 5.74) is 1.77. The van der Waals surface area contributed by atoms with Gasteiger partial charge in [0.15, 0.2) is 0 Å². The molecule has 1 N–H and O–H groups in total. The summed E-state index contributed by atoms with van der Waals surface area (Å²) in [5.74, 6) is 0.429. The number of nitro benzene ring substituents is 1. The highest BCUT2D eigenvalue weighted by Gasteiger charge is 2.19. The van der Waals surface area contributed by atoms with Crippen LogP contribution in [0.5, 0.6) is 0 Å². The lowest BCUT2D eigenvalue weighted by Crippen LogP contribution is -2.39. The van der Waals surface area contributed by atoms with Gasteiger partial charge in [0.1, 0.15) is 0 Å². The molecule has 0 radical (unpaired) electrons. The molecule has 1 rings (SSSR count). The average molecular weight is 280 g/mol. The second-order valence-electron chi connectivity index (χ2n) is 5.50. The molecule has 0 saturated carbocycles. The van der Waals surface area contributed by atoms with Gasteiger partial charge in [-0.3, -0.25) is 10.1 Å². The van der Waals surface area contributed by atoms with Gasteiger partial charge in [0.05, 0.1) is 11.5 Å². The van der Waals surface area contributed by atoms with Gasteiger partial charge in [0.2, 0.25) is 0 Å². The van der Waals surface area contributed by atoms with Crippen LogP contribution in [-0.2, 0) is 4.74 Å². The molecule has 0 aliphatic rings. The number of rotatable bonds is 7. The average Bonchev–Trinajstić information content (AvgIpc) is 2.38. The topological polar surface area (TPSA) is 64.4 Å². The number of nitro groups is 1. The number of hydrogen-bond donors (Lipinski definition) is 1. The van der Waals surface area contributed by atoms with Crippen LogP contribution in [-0.4, -0.2) is 24.7 Å². The smallest absolute Gasteiger partial charge is 0.272 e. The van der Waals surface area contributed by atoms with Gasteiger partial charge in [0.25, 0.3) is 5.69 Å². The summed E-state index contributed by atoms with van der Waals surface area (Å²) in [6.07, 6.45) is 0. The van der Waals surface area contributed by atoms with Crippen LogP contribution in [0.15, 0.2) is 18.2 Å². The Morgan fingerprint density at radius 1 is 1.35 bits per heavy atom. The number of ether oxygens (including phenoxy) is 1. The zero-order valence-electron chi connectivity index (χ0n) is 12.8. The van der Waals surface area contributed by atoms with Gasteiger partial charge in [-0.2, -0.15) is 0 Å². The number of benzene rings is 1. The molecule has 2 atom stereocenters. The van der Waals surface area contributed by atoms with Crippen molar-refractivity contribution < 1.29 is 9.66 Å². The van der Waals surface area contributed by atoms with Crippen LogP contribution in [0.2, 0.25) is 0 Å². The Bertz CT molecular complexity index is 460. The third kappa shape index (κ3) is 4.28. The predicted octanol–water partition coefficient (Wildman–Crippen LogP) is 3.22. The first-order chi connectivity index (χ1) is 9.36. The molecule has 0 aliphatic carbocycles. The number of nitrogens with one attached hydrogen (secondary N) is 1. The highest BCUT2D eigenvalue weighted by molar-refractivity contribution is 5.43. The van der Waals surface area contributed by atoms with Crippen molar-refractivity contribution in [1.29, 1.82) is 0 Å². The molecule has 2 unspecified atom stereocenters. The molecule has 0 fully saturated rings. The van der Waals surface area contributed by atoms with E-state index < -0.39 is 0 Å². The van der Waals surface area contributed by atoms with Crippen LogP contribution in [0, 0.1) is 23.0 Å². The quantitative estimate of drug-likeness (QED) is 0.615. The summed E-state index contributed by atoms with van der Waals surface area (Å²) < 4.78 is 5.21. The van der Waals surface area contributed by atoms with Crippen LogP contribution < -0.4 is 5.32 Å². The van der Waals surface area contributed by atoms with E-state index in [9.17, 15) is 10.1 Å². The van der Waals surface area contributed by atoms with Crippen molar-refractivity contribution in [2.24, 2.45) is 5.92 Å². The molecule has 0 aliphatic heterocycles. The molecule has 0 amide bonds. The summed E-state index contributed by atoms with van der Waals surface area (Å²) in [6, 6.07) is 5.64. The molecule has 20 heavy (non-hydrogen) atoms. The van der Waals surface area contributed by atoms with E-state index >= 15 is 0 Å². The Labute approximate surface area is 120 Å². The Kier molecular flexibility index (Phi) is 6.10. The second kappa shape index (κ2) is 7.36. The number of hydrogen-bond acceptors (Lipinski definition) is 4. The molecular weight excluding hydrogens is 256 g/mol. The van der Waals surface area contributed by atoms with Crippen LogP contribution in [0.1, 0.15) is 37.9 Å². The minimum Gasteiger partial charge on any atom is -0.383 e. The first-order valence-electron chi connectivity index (χ1n) is 6.86. The Hall–Kier alpha value is -1.46. The van der Waals surface area contributed by atoms with E-state index in [4.69, 9.17) is 4.74 Å². The number of methoxy groups -OCH3 is 1. The van der Waals surface area contributed by atoms with Gasteiger partial charge in [-0.05, 0) is 25.3 Å². The van der Waals surface area contributed by atoms with Gasteiger partial charge in [-0.1, -0.05) is 26.0 Å². The molecule has 0 saturated heterocycles. The fraction of sp³-hybridized carbons (Fsp3) is 0.600. The van der Waals surface area contributed by atoms with Crippen molar-refractivity contribution in [2.45, 2.75) is 39.8 Å². The molecule has 5 nitrogen and oxygen atoms in total. The minimum absolute atomic E-state index is 0.0387. The van der Waals surface area contributed by atoms with E-state index in [0.29, 0.717) is 18.1 Å². The molecule has 0 heterocycles. The van der Waals surface area contributed by atoms with Gasteiger partial charge >= 0.3 is 0 Å². The SMILES string of the molecule is COCC(NC(C)c1ccc(C)c([N+](=O)[O-])c1)C(C)C. The van der Waals surface area contributed by atoms with E-state index in [1.165, 1.54) is 0 Å². The maximum atomic E-state index is 11.0. The molecule has 112 valence electrons. The predicted molar refractivity (Wildman–Crippen MR) is 79.9 cm³/mol. The lowest BCUT2D eigenvalue weighted by molar-refractivity contribution is -0.385. The largest absolute Gasteiger partial charge is 0.383 e. The number of aryl methyl sites for hydroxylation is 1. The maximum Gasteiger partial charge on any atom is 0.272 e. The molecule has 0 bridgehead atoms. The van der Waals surface area contributed by atoms with Crippen molar-refractivity contribution in [3.8, 4) is 0 Å². The van der Waals surface area contributed by atoms with Crippen LogP contribution in [0.4, 0.5) is 5.69 Å². The van der Waals surface area contributed by atoms with Gasteiger partial charge in [-0.25, -0.2) is 0 Å². The molecular formula is C15H24N2O3. The lowest BCUT2D eigenvalue weighted by atomic mass is 10.0. The Morgan fingerprint density at radius 3 is 2.50 bits per heavy atom. The van der Waals surface area contributed by atoms with E-state index in [1.807, 2.05) is 13.0 Å². The monoisotopic (exact) mass is 280 g/mol. The first kappa shape index (κ1) is 16.6. The third-order valence-electron chi connectivity index (χ3n) is 3.54. The minimum atomic E-state index is -0.333. The van der Waals surface area contributed by atoms with Crippen molar-refractivity contribution in [1.82, 2.24) is 5.32 Å². The first-order valence-corrected chi connectivity index (χ1v) is 6.86. The van der Waals surface area contributed by atoms with Crippen molar-refractivity contribution in [2.75, 3.05) is 13.7 Å². The second-order valence-corrected chi connectivity index (χ2v) is 5.50. The van der Waals surface area contributed by atoms with E-state index in [1.54, 1.807) is 26.2 Å². The van der Waals surface area contributed by atoms with Gasteiger partial charge in [0, 0.05) is 30.8 Å². The van der Waals surface area contributed by atoms with E-state index in [2.05, 4.69) is 19.2 Å². The molecule has 0 aromatic heterocycles. The summed E-state index contributed by atoms with van der Waals surface area (Å²) >= 11 is 0. The Balaban J connectivity index is 2.88. The van der Waals surface area contributed by atoms with Crippen LogP contribution in [0.3, 0.4) is 0 Å². The summed E-state index contributed by atoms with van der Waals surface area (Å²) in [4.78, 5) is 10.7.